The van der Waals surface area contributed by atoms with E-state index in [2.05, 4.69) is 22.4 Å². The van der Waals surface area contributed by atoms with E-state index in [0.717, 1.165) is 16.6 Å². The Morgan fingerprint density at radius 1 is 0.829 bits per heavy atom. The summed E-state index contributed by atoms with van der Waals surface area (Å²) in [6.45, 7) is 0. The summed E-state index contributed by atoms with van der Waals surface area (Å²) < 4.78 is 6.51. The van der Waals surface area contributed by atoms with Crippen LogP contribution in [0.25, 0.3) is 27.7 Å². The van der Waals surface area contributed by atoms with Crippen LogP contribution in [-0.4, -0.2) is 26.0 Å². The van der Waals surface area contributed by atoms with Gasteiger partial charge in [-0.05, 0) is 66.3 Å². The van der Waals surface area contributed by atoms with E-state index in [1.807, 2.05) is 36.4 Å². The summed E-state index contributed by atoms with van der Waals surface area (Å²) in [5.74, 6) is 0.540. The fourth-order valence-electron chi connectivity index (χ4n) is 5.68. The van der Waals surface area contributed by atoms with Crippen molar-refractivity contribution in [3.8, 4) is 34.2 Å². The Kier molecular flexibility index (Phi) is 7.12. The van der Waals surface area contributed by atoms with Crippen molar-refractivity contribution < 1.29 is 24.9 Å². The van der Waals surface area contributed by atoms with Crippen LogP contribution >= 0.6 is 0 Å². The summed E-state index contributed by atoms with van der Waals surface area (Å²) in [4.78, 5) is 10.9. The van der Waals surface area contributed by atoms with Crippen LogP contribution < -0.4 is 4.74 Å². The van der Waals surface area contributed by atoms with Crippen molar-refractivity contribution in [1.82, 2.24) is 4.57 Å². The van der Waals surface area contributed by atoms with Crippen molar-refractivity contribution in [2.45, 2.75) is 38.0 Å². The highest BCUT2D eigenvalue weighted by Gasteiger charge is 2.20. The lowest BCUT2D eigenvalue weighted by Gasteiger charge is -2.22. The highest BCUT2D eigenvalue weighted by Crippen LogP contribution is 2.44. The molecule has 1 aromatic heterocycles. The number of ether oxygens (including phenoxy) is 1. The number of hydrogen-bond acceptors (Lipinski definition) is 6. The number of azo groups is 1. The monoisotopic (exact) mass is 547 g/mol. The second-order valence-electron chi connectivity index (χ2n) is 10.2. The lowest BCUT2D eigenvalue weighted by atomic mass is 9.84. The minimum absolute atomic E-state index is 0.0467. The van der Waals surface area contributed by atoms with Gasteiger partial charge < -0.3 is 20.1 Å². The zero-order chi connectivity index (χ0) is 28.3. The number of para-hydroxylation sites is 2. The molecule has 1 heterocycles. The van der Waals surface area contributed by atoms with E-state index in [9.17, 15) is 15.0 Å². The maximum atomic E-state index is 11.4. The van der Waals surface area contributed by atoms with Gasteiger partial charge in [0.15, 0.2) is 11.4 Å². The van der Waals surface area contributed by atoms with Gasteiger partial charge in [0, 0.05) is 16.6 Å². The van der Waals surface area contributed by atoms with E-state index in [1.165, 1.54) is 49.8 Å². The average molecular weight is 548 g/mol. The Labute approximate surface area is 236 Å². The Hall–Kier alpha value is -5.11. The SMILES string of the molecule is O=C(O)Oc1cccc(-c2cccc(N=Nc3c(O)n(-c4ccc(C5CCCCC5)cc4)c4ccccc34)c2O)c1. The molecule has 1 aliphatic rings. The molecule has 0 unspecified atom stereocenters. The second-order valence-corrected chi connectivity index (χ2v) is 10.2. The maximum absolute atomic E-state index is 11.4. The van der Waals surface area contributed by atoms with Crippen molar-refractivity contribution in [3.05, 3.63) is 96.6 Å². The lowest BCUT2D eigenvalue weighted by molar-refractivity contribution is 0.144. The first-order valence-corrected chi connectivity index (χ1v) is 13.7. The Morgan fingerprint density at radius 3 is 2.37 bits per heavy atom. The molecule has 0 bridgehead atoms. The van der Waals surface area contributed by atoms with Crippen LogP contribution in [0.2, 0.25) is 0 Å². The van der Waals surface area contributed by atoms with Gasteiger partial charge >= 0.3 is 6.16 Å². The molecule has 0 saturated heterocycles. The predicted molar refractivity (Wildman–Crippen MR) is 157 cm³/mol. The molecular weight excluding hydrogens is 518 g/mol. The van der Waals surface area contributed by atoms with Crippen LogP contribution in [0.15, 0.2) is 101 Å². The third-order valence-electron chi connectivity index (χ3n) is 7.67. The fraction of sp³-hybridized carbons (Fsp3) is 0.182. The first-order chi connectivity index (χ1) is 20.0. The predicted octanol–water partition coefficient (Wildman–Crippen LogP) is 9.23. The smallest absolute Gasteiger partial charge is 0.505 e. The molecule has 3 N–H and O–H groups in total. The number of aromatic hydroxyl groups is 2. The summed E-state index contributed by atoms with van der Waals surface area (Å²) in [6.07, 6.45) is 4.87. The number of phenols is 1. The maximum Gasteiger partial charge on any atom is 0.511 e. The molecule has 206 valence electrons. The molecule has 0 radical (unpaired) electrons. The van der Waals surface area contributed by atoms with Crippen molar-refractivity contribution in [2.24, 2.45) is 10.2 Å². The van der Waals surface area contributed by atoms with Crippen LogP contribution in [-0.2, 0) is 0 Å². The number of phenolic OH excluding ortho intramolecular Hbond substituents is 1. The molecule has 5 aromatic rings. The minimum atomic E-state index is -1.42. The fourth-order valence-corrected chi connectivity index (χ4v) is 5.68. The first kappa shape index (κ1) is 26.1. The highest BCUT2D eigenvalue weighted by molar-refractivity contribution is 5.96. The van der Waals surface area contributed by atoms with E-state index >= 15 is 0 Å². The molecule has 4 aromatic carbocycles. The molecule has 8 nitrogen and oxygen atoms in total. The lowest BCUT2D eigenvalue weighted by Crippen LogP contribution is -2.04. The summed E-state index contributed by atoms with van der Waals surface area (Å²) in [5, 5.41) is 40.7. The molecule has 8 heteroatoms. The molecule has 0 spiro atoms. The van der Waals surface area contributed by atoms with E-state index in [1.54, 1.807) is 34.9 Å². The van der Waals surface area contributed by atoms with Crippen molar-refractivity contribution in [3.63, 3.8) is 0 Å². The third-order valence-corrected chi connectivity index (χ3v) is 7.67. The van der Waals surface area contributed by atoms with Gasteiger partial charge in [-0.25, -0.2) is 4.79 Å². The summed E-state index contributed by atoms with van der Waals surface area (Å²) >= 11 is 0. The van der Waals surface area contributed by atoms with Crippen molar-refractivity contribution in [1.29, 1.82) is 0 Å². The standard InChI is InChI=1S/C33H29N3O5/c37-31-26(23-10-6-11-25(20-23)41-33(39)40)13-7-14-28(31)34-35-30-27-12-4-5-15-29(27)36(32(30)38)24-18-16-22(17-19-24)21-8-2-1-3-9-21/h4-7,10-21,37-38H,1-3,8-9H2,(H,39,40). The van der Waals surface area contributed by atoms with Gasteiger partial charge in [0.05, 0.1) is 5.52 Å². The molecule has 0 atom stereocenters. The molecule has 0 aliphatic heterocycles. The zero-order valence-electron chi connectivity index (χ0n) is 22.3. The van der Waals surface area contributed by atoms with Gasteiger partial charge in [0.25, 0.3) is 0 Å². The number of carboxylic acid groups (broad SMARTS) is 1. The van der Waals surface area contributed by atoms with Crippen LogP contribution in [0, 0.1) is 0 Å². The summed E-state index contributed by atoms with van der Waals surface area (Å²) in [6, 6.07) is 27.4. The normalized spacial score (nSPS) is 14.0. The van der Waals surface area contributed by atoms with Crippen LogP contribution in [0.5, 0.6) is 17.4 Å². The molecule has 0 amide bonds. The largest absolute Gasteiger partial charge is 0.511 e. The van der Waals surface area contributed by atoms with E-state index in [0.29, 0.717) is 22.7 Å². The topological polar surface area (TPSA) is 117 Å². The van der Waals surface area contributed by atoms with Gasteiger partial charge in [0.1, 0.15) is 11.4 Å². The quantitative estimate of drug-likeness (QED) is 0.111. The summed E-state index contributed by atoms with van der Waals surface area (Å²) in [7, 11) is 0. The van der Waals surface area contributed by atoms with Crippen LogP contribution in [0.1, 0.15) is 43.6 Å². The van der Waals surface area contributed by atoms with Gasteiger partial charge in [-0.2, -0.15) is 0 Å². The number of rotatable bonds is 6. The number of nitrogens with zero attached hydrogens (tertiary/aromatic N) is 3. The average Bonchev–Trinajstić information content (AvgIpc) is 3.27. The first-order valence-electron chi connectivity index (χ1n) is 13.7. The number of fused-ring (bicyclic) bond motifs is 1. The molecule has 41 heavy (non-hydrogen) atoms. The Morgan fingerprint density at radius 2 is 1.59 bits per heavy atom. The zero-order valence-corrected chi connectivity index (χ0v) is 22.3. The van der Waals surface area contributed by atoms with Crippen LogP contribution in [0.3, 0.4) is 0 Å². The summed E-state index contributed by atoms with van der Waals surface area (Å²) in [5.41, 5.74) is 4.42. The number of carbonyl (C=O) groups is 1. The molecular formula is C33H29N3O5. The van der Waals surface area contributed by atoms with E-state index in [-0.39, 0.29) is 23.1 Å². The third kappa shape index (κ3) is 5.24. The highest BCUT2D eigenvalue weighted by atomic mass is 16.7. The molecule has 6 rings (SSSR count). The second kappa shape index (κ2) is 11.2. The van der Waals surface area contributed by atoms with Gasteiger partial charge in [0.2, 0.25) is 5.88 Å². The minimum Gasteiger partial charge on any atom is -0.505 e. The number of aromatic nitrogens is 1. The van der Waals surface area contributed by atoms with E-state index < -0.39 is 6.16 Å². The van der Waals surface area contributed by atoms with E-state index in [4.69, 9.17) is 9.84 Å². The Bertz CT molecular complexity index is 1750. The molecule has 1 saturated carbocycles. The Balaban J connectivity index is 1.35. The van der Waals surface area contributed by atoms with Crippen LogP contribution in [0.4, 0.5) is 16.2 Å². The van der Waals surface area contributed by atoms with Crippen molar-refractivity contribution in [2.75, 3.05) is 0 Å². The van der Waals surface area contributed by atoms with Gasteiger partial charge in [-0.3, -0.25) is 4.57 Å². The number of benzene rings is 4. The number of hydrogen-bond donors (Lipinski definition) is 3. The molecule has 1 fully saturated rings. The van der Waals surface area contributed by atoms with Crippen molar-refractivity contribution >= 4 is 28.4 Å². The van der Waals surface area contributed by atoms with Gasteiger partial charge in [-0.1, -0.05) is 73.9 Å². The molecule has 1 aliphatic carbocycles. The van der Waals surface area contributed by atoms with Gasteiger partial charge in [-0.15, -0.1) is 10.2 Å².